The molecule has 7 nitrogen and oxygen atoms in total. The van der Waals surface area contributed by atoms with Crippen LogP contribution in [-0.4, -0.2) is 16.4 Å². The van der Waals surface area contributed by atoms with Crippen LogP contribution in [0.2, 0.25) is 0 Å². The first-order valence-corrected chi connectivity index (χ1v) is 9.34. The molecule has 0 aliphatic carbocycles. The molecule has 2 heterocycles. The quantitative estimate of drug-likeness (QED) is 0.537. The van der Waals surface area contributed by atoms with Crippen molar-refractivity contribution in [2.75, 3.05) is 5.32 Å². The molecule has 0 saturated carbocycles. The van der Waals surface area contributed by atoms with Crippen LogP contribution in [0.25, 0.3) is 10.9 Å². The fourth-order valence-electron chi connectivity index (χ4n) is 3.18. The number of carbonyl (C=O) groups excluding carboxylic acids is 2. The van der Waals surface area contributed by atoms with Crippen molar-refractivity contribution >= 4 is 28.4 Å². The van der Waals surface area contributed by atoms with E-state index in [0.29, 0.717) is 22.2 Å². The van der Waals surface area contributed by atoms with Crippen molar-refractivity contribution in [2.24, 2.45) is 7.05 Å². The first-order valence-electron chi connectivity index (χ1n) is 9.34. The number of nitrogens with zero attached hydrogens (tertiary/aromatic N) is 1. The highest BCUT2D eigenvalue weighted by molar-refractivity contribution is 6.06. The van der Waals surface area contributed by atoms with Gasteiger partial charge in [0.1, 0.15) is 0 Å². The SMILES string of the molecule is Cn1c(=O)cc(C(=O)NCc2ccc(NC(=O)c3ccco3)cc2)c2ccccc21. The second-order valence-electron chi connectivity index (χ2n) is 6.78. The van der Waals surface area contributed by atoms with E-state index in [1.165, 1.54) is 16.9 Å². The van der Waals surface area contributed by atoms with Gasteiger partial charge in [-0.1, -0.05) is 30.3 Å². The van der Waals surface area contributed by atoms with Crippen LogP contribution >= 0.6 is 0 Å². The summed E-state index contributed by atoms with van der Waals surface area (Å²) in [5.41, 5.74) is 2.27. The molecular weight excluding hydrogens is 382 g/mol. The Morgan fingerprint density at radius 2 is 1.73 bits per heavy atom. The van der Waals surface area contributed by atoms with Gasteiger partial charge < -0.3 is 19.6 Å². The zero-order valence-corrected chi connectivity index (χ0v) is 16.2. The fraction of sp³-hybridized carbons (Fsp3) is 0.0870. The maximum absolute atomic E-state index is 12.7. The number of hydrogen-bond donors (Lipinski definition) is 2. The molecule has 4 aromatic rings. The average Bonchev–Trinajstić information content (AvgIpc) is 3.31. The van der Waals surface area contributed by atoms with E-state index in [1.807, 2.05) is 24.3 Å². The zero-order chi connectivity index (χ0) is 21.1. The summed E-state index contributed by atoms with van der Waals surface area (Å²) in [6, 6.07) is 19.0. The number of benzene rings is 2. The maximum Gasteiger partial charge on any atom is 0.291 e. The lowest BCUT2D eigenvalue weighted by atomic mass is 10.1. The van der Waals surface area contributed by atoms with Crippen LogP contribution in [0.3, 0.4) is 0 Å². The van der Waals surface area contributed by atoms with Gasteiger partial charge in [-0.15, -0.1) is 0 Å². The molecule has 0 aliphatic heterocycles. The Kier molecular flexibility index (Phi) is 5.17. The van der Waals surface area contributed by atoms with Gasteiger partial charge in [0, 0.05) is 30.7 Å². The third-order valence-corrected chi connectivity index (χ3v) is 4.81. The van der Waals surface area contributed by atoms with Crippen LogP contribution in [0.15, 0.2) is 82.2 Å². The van der Waals surface area contributed by atoms with Crippen LogP contribution in [0, 0.1) is 0 Å². The number of aryl methyl sites for hydroxylation is 1. The van der Waals surface area contributed by atoms with E-state index in [4.69, 9.17) is 4.42 Å². The van der Waals surface area contributed by atoms with E-state index in [2.05, 4.69) is 10.6 Å². The Balaban J connectivity index is 1.45. The molecule has 0 saturated heterocycles. The summed E-state index contributed by atoms with van der Waals surface area (Å²) in [5, 5.41) is 6.30. The number of rotatable bonds is 5. The van der Waals surface area contributed by atoms with E-state index in [1.54, 1.807) is 43.4 Å². The summed E-state index contributed by atoms with van der Waals surface area (Å²) >= 11 is 0. The number of carbonyl (C=O) groups is 2. The Morgan fingerprint density at radius 3 is 2.47 bits per heavy atom. The summed E-state index contributed by atoms with van der Waals surface area (Å²) in [5.74, 6) is -0.426. The number of amides is 2. The smallest absolute Gasteiger partial charge is 0.291 e. The van der Waals surface area contributed by atoms with Crippen LogP contribution in [0.5, 0.6) is 0 Å². The summed E-state index contributed by atoms with van der Waals surface area (Å²) < 4.78 is 6.58. The molecule has 0 aliphatic rings. The van der Waals surface area contributed by atoms with Gasteiger partial charge in [0.15, 0.2) is 5.76 Å². The summed E-state index contributed by atoms with van der Waals surface area (Å²) in [6.45, 7) is 0.286. The topological polar surface area (TPSA) is 93.3 Å². The van der Waals surface area contributed by atoms with Gasteiger partial charge in [-0.3, -0.25) is 14.4 Å². The van der Waals surface area contributed by atoms with Gasteiger partial charge in [0.2, 0.25) is 0 Å². The molecule has 0 unspecified atom stereocenters. The number of fused-ring (bicyclic) bond motifs is 1. The summed E-state index contributed by atoms with van der Waals surface area (Å²) in [4.78, 5) is 36.9. The Bertz CT molecular complexity index is 1270. The molecule has 2 N–H and O–H groups in total. The molecule has 0 atom stereocenters. The minimum Gasteiger partial charge on any atom is -0.459 e. The van der Waals surface area contributed by atoms with Gasteiger partial charge in [-0.05, 0) is 35.9 Å². The normalized spacial score (nSPS) is 10.7. The monoisotopic (exact) mass is 401 g/mol. The molecule has 0 radical (unpaired) electrons. The lowest BCUT2D eigenvalue weighted by Crippen LogP contribution is -2.26. The van der Waals surface area contributed by atoms with Crippen molar-refractivity contribution in [3.63, 3.8) is 0 Å². The molecule has 30 heavy (non-hydrogen) atoms. The number of nitrogens with one attached hydrogen (secondary N) is 2. The second-order valence-corrected chi connectivity index (χ2v) is 6.78. The van der Waals surface area contributed by atoms with Crippen molar-refractivity contribution < 1.29 is 14.0 Å². The van der Waals surface area contributed by atoms with Crippen LogP contribution in [-0.2, 0) is 13.6 Å². The molecule has 0 spiro atoms. The third-order valence-electron chi connectivity index (χ3n) is 4.81. The van der Waals surface area contributed by atoms with Gasteiger partial charge in [-0.25, -0.2) is 0 Å². The highest BCUT2D eigenvalue weighted by atomic mass is 16.3. The molecule has 4 rings (SSSR count). The molecule has 2 aromatic heterocycles. The van der Waals surface area contributed by atoms with Gasteiger partial charge >= 0.3 is 0 Å². The van der Waals surface area contributed by atoms with Crippen molar-refractivity contribution in [3.05, 3.63) is 100 Å². The molecule has 7 heteroatoms. The minimum absolute atomic E-state index is 0.229. The average molecular weight is 401 g/mol. The van der Waals surface area contributed by atoms with E-state index >= 15 is 0 Å². The van der Waals surface area contributed by atoms with E-state index in [9.17, 15) is 14.4 Å². The number of anilines is 1. The van der Waals surface area contributed by atoms with Crippen molar-refractivity contribution in [1.82, 2.24) is 9.88 Å². The number of aromatic nitrogens is 1. The minimum atomic E-state index is -0.335. The van der Waals surface area contributed by atoms with E-state index < -0.39 is 0 Å². The maximum atomic E-state index is 12.7. The Hall–Kier alpha value is -4.13. The largest absolute Gasteiger partial charge is 0.459 e. The van der Waals surface area contributed by atoms with Crippen LogP contribution < -0.4 is 16.2 Å². The van der Waals surface area contributed by atoms with E-state index in [-0.39, 0.29) is 29.7 Å². The first kappa shape index (κ1) is 19.2. The molecule has 2 amide bonds. The van der Waals surface area contributed by atoms with Crippen LogP contribution in [0.4, 0.5) is 5.69 Å². The molecule has 0 fully saturated rings. The Morgan fingerprint density at radius 1 is 0.967 bits per heavy atom. The van der Waals surface area contributed by atoms with Gasteiger partial charge in [0.25, 0.3) is 17.4 Å². The lowest BCUT2D eigenvalue weighted by molar-refractivity contribution is 0.0951. The predicted molar refractivity (Wildman–Crippen MR) is 113 cm³/mol. The third kappa shape index (κ3) is 3.86. The number of pyridine rings is 1. The van der Waals surface area contributed by atoms with E-state index in [0.717, 1.165) is 5.56 Å². The number of hydrogen-bond acceptors (Lipinski definition) is 4. The standard InChI is InChI=1S/C23H19N3O4/c1-26-19-6-3-2-5-17(19)18(13-21(26)27)22(28)24-14-15-8-10-16(11-9-15)25-23(29)20-7-4-12-30-20/h2-13H,14H2,1H3,(H,24,28)(H,25,29). The summed E-state index contributed by atoms with van der Waals surface area (Å²) in [6.07, 6.45) is 1.44. The molecule has 2 aromatic carbocycles. The number of para-hydroxylation sites is 1. The van der Waals surface area contributed by atoms with Crippen molar-refractivity contribution in [1.29, 1.82) is 0 Å². The summed E-state index contributed by atoms with van der Waals surface area (Å²) in [7, 11) is 1.68. The fourth-order valence-corrected chi connectivity index (χ4v) is 3.18. The second kappa shape index (κ2) is 8.08. The van der Waals surface area contributed by atoms with Crippen molar-refractivity contribution in [2.45, 2.75) is 6.54 Å². The van der Waals surface area contributed by atoms with Gasteiger partial charge in [-0.2, -0.15) is 0 Å². The van der Waals surface area contributed by atoms with Crippen LogP contribution in [0.1, 0.15) is 26.5 Å². The van der Waals surface area contributed by atoms with Crippen molar-refractivity contribution in [3.8, 4) is 0 Å². The highest BCUT2D eigenvalue weighted by Gasteiger charge is 2.13. The Labute approximate surface area is 171 Å². The molecule has 150 valence electrons. The highest BCUT2D eigenvalue weighted by Crippen LogP contribution is 2.17. The molecule has 0 bridgehead atoms. The zero-order valence-electron chi connectivity index (χ0n) is 16.2. The number of furan rings is 1. The van der Waals surface area contributed by atoms with Gasteiger partial charge in [0.05, 0.1) is 17.3 Å². The predicted octanol–water partition coefficient (Wildman–Crippen LogP) is 3.31. The lowest BCUT2D eigenvalue weighted by Gasteiger charge is -2.11. The first-order chi connectivity index (χ1) is 14.5. The molecular formula is C23H19N3O4.